The summed E-state index contributed by atoms with van der Waals surface area (Å²) in [7, 11) is 0. The van der Waals surface area contributed by atoms with E-state index in [0.717, 1.165) is 30.2 Å². The standard InChI is InChI=1S/C13H10Cl2FN3O2S/c14-8-6-9(16)10(5-7(8)11(15)20)17-12-18-3-1-2-4-19(18)13(21)22-12/h5-6H,1-4H2/b17-12+. The summed E-state index contributed by atoms with van der Waals surface area (Å²) in [5.74, 6) is -0.678. The lowest BCUT2D eigenvalue weighted by atomic mass is 10.2. The second kappa shape index (κ2) is 5.98. The van der Waals surface area contributed by atoms with Gasteiger partial charge in [0.05, 0.1) is 10.6 Å². The van der Waals surface area contributed by atoms with Crippen LogP contribution in [0.4, 0.5) is 10.1 Å². The second-order valence-electron chi connectivity index (χ2n) is 4.77. The Kier molecular flexibility index (Phi) is 4.20. The summed E-state index contributed by atoms with van der Waals surface area (Å²) in [5.41, 5.74) is -0.0926. The fraction of sp³-hybridized carbons (Fsp3) is 0.308. The average Bonchev–Trinajstić information content (AvgIpc) is 2.78. The molecule has 0 unspecified atom stereocenters. The predicted octanol–water partition coefficient (Wildman–Crippen LogP) is 2.91. The summed E-state index contributed by atoms with van der Waals surface area (Å²) >= 11 is 12.1. The molecule has 2 heterocycles. The number of halogens is 3. The van der Waals surface area contributed by atoms with Gasteiger partial charge < -0.3 is 0 Å². The van der Waals surface area contributed by atoms with Crippen LogP contribution in [0.5, 0.6) is 0 Å². The highest BCUT2D eigenvalue weighted by atomic mass is 35.5. The Labute approximate surface area is 138 Å². The summed E-state index contributed by atoms with van der Waals surface area (Å²) in [6.45, 7) is 1.27. The second-order valence-corrected chi connectivity index (χ2v) is 6.44. The quantitative estimate of drug-likeness (QED) is 0.772. The largest absolute Gasteiger partial charge is 0.325 e. The van der Waals surface area contributed by atoms with Crippen molar-refractivity contribution in [3.8, 4) is 0 Å². The normalized spacial score (nSPS) is 15.0. The van der Waals surface area contributed by atoms with Gasteiger partial charge in [0.25, 0.3) is 5.24 Å². The smallest absolute Gasteiger partial charge is 0.276 e. The van der Waals surface area contributed by atoms with Crippen molar-refractivity contribution in [2.24, 2.45) is 4.99 Å². The molecule has 1 aliphatic heterocycles. The topological polar surface area (TPSA) is 56.4 Å². The first-order valence-electron chi connectivity index (χ1n) is 6.52. The van der Waals surface area contributed by atoms with Gasteiger partial charge in [-0.05, 0) is 47.9 Å². The van der Waals surface area contributed by atoms with Crippen LogP contribution in [0.25, 0.3) is 0 Å². The Morgan fingerprint density at radius 1 is 1.27 bits per heavy atom. The number of fused-ring (bicyclic) bond motifs is 1. The zero-order valence-electron chi connectivity index (χ0n) is 11.2. The van der Waals surface area contributed by atoms with Gasteiger partial charge in [0, 0.05) is 13.1 Å². The molecule has 22 heavy (non-hydrogen) atoms. The minimum absolute atomic E-state index is 0.0195. The third-order valence-corrected chi connectivity index (χ3v) is 4.74. The van der Waals surface area contributed by atoms with Crippen LogP contribution in [0, 0.1) is 5.82 Å². The van der Waals surface area contributed by atoms with Gasteiger partial charge in [-0.3, -0.25) is 14.3 Å². The number of aromatic nitrogens is 2. The summed E-state index contributed by atoms with van der Waals surface area (Å²) in [5, 5.41) is -0.864. The molecular weight excluding hydrogens is 352 g/mol. The summed E-state index contributed by atoms with van der Waals surface area (Å²) in [4.78, 5) is 27.6. The number of hydrogen-bond acceptors (Lipinski definition) is 4. The lowest BCUT2D eigenvalue weighted by molar-refractivity contribution is 0.108. The van der Waals surface area contributed by atoms with Gasteiger partial charge >= 0.3 is 4.87 Å². The molecule has 2 aromatic rings. The molecule has 116 valence electrons. The predicted molar refractivity (Wildman–Crippen MR) is 82.6 cm³/mol. The van der Waals surface area contributed by atoms with Crippen LogP contribution in [0.2, 0.25) is 5.02 Å². The maximum Gasteiger partial charge on any atom is 0.325 e. The van der Waals surface area contributed by atoms with Gasteiger partial charge in [0.15, 0.2) is 0 Å². The van der Waals surface area contributed by atoms with E-state index in [4.69, 9.17) is 23.2 Å². The zero-order valence-corrected chi connectivity index (χ0v) is 13.5. The lowest BCUT2D eigenvalue weighted by Gasteiger charge is -2.15. The molecule has 0 saturated heterocycles. The highest BCUT2D eigenvalue weighted by Crippen LogP contribution is 2.27. The summed E-state index contributed by atoms with van der Waals surface area (Å²) < 4.78 is 17.3. The number of benzene rings is 1. The number of carbonyl (C=O) groups is 1. The fourth-order valence-electron chi connectivity index (χ4n) is 2.29. The van der Waals surface area contributed by atoms with Gasteiger partial charge in [0.1, 0.15) is 11.5 Å². The summed E-state index contributed by atoms with van der Waals surface area (Å²) in [6.07, 6.45) is 1.86. The van der Waals surface area contributed by atoms with Gasteiger partial charge in [-0.2, -0.15) is 0 Å². The van der Waals surface area contributed by atoms with E-state index in [9.17, 15) is 14.0 Å². The Hall–Kier alpha value is -1.44. The molecule has 0 bridgehead atoms. The van der Waals surface area contributed by atoms with Crippen molar-refractivity contribution < 1.29 is 9.18 Å². The Balaban J connectivity index is 2.19. The molecule has 0 atom stereocenters. The maximum atomic E-state index is 14.0. The number of nitrogens with zero attached hydrogens (tertiary/aromatic N) is 3. The van der Waals surface area contributed by atoms with Gasteiger partial charge in [0.2, 0.25) is 4.80 Å². The van der Waals surface area contributed by atoms with Crippen molar-refractivity contribution in [2.75, 3.05) is 0 Å². The highest BCUT2D eigenvalue weighted by molar-refractivity contribution is 7.06. The van der Waals surface area contributed by atoms with E-state index in [-0.39, 0.29) is 21.1 Å². The van der Waals surface area contributed by atoms with Crippen LogP contribution in [-0.2, 0) is 13.1 Å². The summed E-state index contributed by atoms with van der Waals surface area (Å²) in [6, 6.07) is 2.18. The molecule has 0 saturated carbocycles. The maximum absolute atomic E-state index is 14.0. The van der Waals surface area contributed by atoms with Gasteiger partial charge in [-0.15, -0.1) is 0 Å². The van der Waals surface area contributed by atoms with Crippen molar-refractivity contribution >= 4 is 45.5 Å². The van der Waals surface area contributed by atoms with Crippen LogP contribution in [0.1, 0.15) is 23.2 Å². The van der Waals surface area contributed by atoms with Crippen molar-refractivity contribution in [3.05, 3.63) is 43.0 Å². The molecule has 0 aliphatic carbocycles. The molecule has 1 aliphatic rings. The Morgan fingerprint density at radius 2 is 1.95 bits per heavy atom. The van der Waals surface area contributed by atoms with Crippen LogP contribution < -0.4 is 9.67 Å². The van der Waals surface area contributed by atoms with E-state index in [0.29, 0.717) is 17.9 Å². The molecule has 0 spiro atoms. The molecule has 5 nitrogen and oxygen atoms in total. The first-order chi connectivity index (χ1) is 10.5. The Morgan fingerprint density at radius 3 is 2.64 bits per heavy atom. The van der Waals surface area contributed by atoms with Crippen molar-refractivity contribution in [1.29, 1.82) is 0 Å². The van der Waals surface area contributed by atoms with Gasteiger partial charge in [-0.1, -0.05) is 11.6 Å². The van der Waals surface area contributed by atoms with Crippen molar-refractivity contribution in [2.45, 2.75) is 25.9 Å². The van der Waals surface area contributed by atoms with Crippen molar-refractivity contribution in [1.82, 2.24) is 9.36 Å². The van der Waals surface area contributed by atoms with Gasteiger partial charge in [-0.25, -0.2) is 14.1 Å². The monoisotopic (exact) mass is 361 g/mol. The molecule has 9 heteroatoms. The van der Waals surface area contributed by atoms with E-state index in [2.05, 4.69) is 4.99 Å². The molecular formula is C13H10Cl2FN3O2S. The SMILES string of the molecule is O=C(Cl)c1cc(/N=c2/sc(=O)n3n2CCCC3)c(F)cc1Cl. The van der Waals surface area contributed by atoms with Crippen LogP contribution in [0.15, 0.2) is 21.9 Å². The number of carbonyl (C=O) groups excluding carboxylic acids is 1. The average molecular weight is 362 g/mol. The molecule has 3 rings (SSSR count). The lowest BCUT2D eigenvalue weighted by Crippen LogP contribution is -2.31. The van der Waals surface area contributed by atoms with E-state index in [1.54, 1.807) is 9.36 Å². The zero-order chi connectivity index (χ0) is 15.9. The molecule has 1 aromatic heterocycles. The first kappa shape index (κ1) is 15.5. The van der Waals surface area contributed by atoms with Crippen LogP contribution in [-0.4, -0.2) is 14.6 Å². The third kappa shape index (κ3) is 2.76. The van der Waals surface area contributed by atoms with E-state index in [1.807, 2.05) is 0 Å². The van der Waals surface area contributed by atoms with E-state index >= 15 is 0 Å². The molecule has 1 aromatic carbocycles. The number of hydrogen-bond donors (Lipinski definition) is 0. The molecule has 0 N–H and O–H groups in total. The minimum Gasteiger partial charge on any atom is -0.276 e. The van der Waals surface area contributed by atoms with Crippen molar-refractivity contribution in [3.63, 3.8) is 0 Å². The number of rotatable bonds is 2. The van der Waals surface area contributed by atoms with Crippen LogP contribution in [0.3, 0.4) is 0 Å². The van der Waals surface area contributed by atoms with E-state index in [1.165, 1.54) is 6.07 Å². The first-order valence-corrected chi connectivity index (χ1v) is 8.09. The van der Waals surface area contributed by atoms with Crippen LogP contribution >= 0.6 is 34.5 Å². The highest BCUT2D eigenvalue weighted by Gasteiger charge is 2.16. The third-order valence-electron chi connectivity index (χ3n) is 3.36. The van der Waals surface area contributed by atoms with E-state index < -0.39 is 11.1 Å². The fourth-order valence-corrected chi connectivity index (χ4v) is 3.63. The molecule has 0 amide bonds. The molecule has 0 fully saturated rings. The Bertz CT molecular complexity index is 884. The minimum atomic E-state index is -0.791. The molecule has 0 radical (unpaired) electrons.